The third-order valence-electron chi connectivity index (χ3n) is 15.9. The Labute approximate surface area is 432 Å². The molecule has 12 aromatic rings. The molecule has 73 heavy (non-hydrogen) atoms. The van der Waals surface area contributed by atoms with Crippen LogP contribution >= 0.6 is 0 Å². The fraction of sp³-hybridized carbons (Fsp3) is 0.0294. The van der Waals surface area contributed by atoms with Gasteiger partial charge in [0, 0.05) is 0 Å². The summed E-state index contributed by atoms with van der Waals surface area (Å²) in [6.45, 7) is 0. The second-order valence-electron chi connectivity index (χ2n) is 20.0. The topological polar surface area (TPSA) is 25.8 Å². The quantitative estimate of drug-likeness (QED) is 0.101. The normalized spacial score (nSPS) is 12.9. The van der Waals surface area contributed by atoms with Crippen LogP contribution in [0.3, 0.4) is 0 Å². The molecule has 3 heterocycles. The standard InChI is InChI=1S/C68H52GeN2Si2/c1-69(2)63-41-37-49(57-39-43-65(59-35-21-45-70-67(57)59)72(51-23-9-3-10-24-51,52-25-11-4-12-26-52)53-27-13-5-14-28-53)47-61(63)62-48-50(38-42-64(62)69)58-40-44-66(60-36-22-46-71-68(58)60)73(54-29-15-6-16-30-54,55-31-17-7-18-32-55)56-33-19-8-20-34-56/h3-48H,1-2H3. The van der Waals surface area contributed by atoms with Crippen molar-refractivity contribution >= 4 is 102 Å². The molecule has 1 aliphatic rings. The summed E-state index contributed by atoms with van der Waals surface area (Å²) in [6.07, 6.45) is 3.94. The van der Waals surface area contributed by atoms with E-state index in [0.717, 1.165) is 22.2 Å². The second kappa shape index (κ2) is 18.2. The van der Waals surface area contributed by atoms with E-state index in [1.165, 1.54) is 83.3 Å². The average molecular weight is 1030 g/mol. The van der Waals surface area contributed by atoms with E-state index < -0.39 is 29.4 Å². The van der Waals surface area contributed by atoms with Crippen molar-refractivity contribution in [3.8, 4) is 33.4 Å². The van der Waals surface area contributed by atoms with Gasteiger partial charge in [-0.05, 0) is 0 Å². The number of nitrogens with zero attached hydrogens (tertiary/aromatic N) is 2. The summed E-state index contributed by atoms with van der Waals surface area (Å²) in [6, 6.07) is 100. The Morgan fingerprint density at radius 2 is 0.589 bits per heavy atom. The number of hydrogen-bond acceptors (Lipinski definition) is 2. The van der Waals surface area contributed by atoms with Gasteiger partial charge in [-0.25, -0.2) is 0 Å². The van der Waals surface area contributed by atoms with Crippen molar-refractivity contribution in [3.63, 3.8) is 0 Å². The molecule has 2 aromatic heterocycles. The van der Waals surface area contributed by atoms with Crippen LogP contribution in [0.5, 0.6) is 0 Å². The maximum atomic E-state index is 5.27. The van der Waals surface area contributed by atoms with Crippen LogP contribution in [-0.4, -0.2) is 39.4 Å². The SMILES string of the molecule is [CH3][Ge]1([CH3])[c]2ccc(-c3ccc([Si](c4ccccc4)(c4ccccc4)c4ccccc4)c4cccnc34)cc2-c2cc(-c3ccc([Si](c4ccccc4)(c4ccccc4)c4ccccc4)c4cccnc34)cc[c]21. The molecule has 13 rings (SSSR count). The van der Waals surface area contributed by atoms with Crippen molar-refractivity contribution in [1.29, 1.82) is 0 Å². The molecule has 346 valence electrons. The Balaban J connectivity index is 0.977. The number of pyridine rings is 2. The Kier molecular flexibility index (Phi) is 11.2. The molecule has 0 amide bonds. The first kappa shape index (κ1) is 44.9. The predicted octanol–water partition coefficient (Wildman–Crippen LogP) is 9.67. The molecule has 0 fully saturated rings. The monoisotopic (exact) mass is 1030 g/mol. The van der Waals surface area contributed by atoms with E-state index in [1.807, 2.05) is 12.4 Å². The second-order valence-corrected chi connectivity index (χ2v) is 36.6. The third kappa shape index (κ3) is 7.11. The van der Waals surface area contributed by atoms with E-state index in [0.29, 0.717) is 0 Å². The maximum absolute atomic E-state index is 5.27. The van der Waals surface area contributed by atoms with Crippen LogP contribution in [0.1, 0.15) is 0 Å². The van der Waals surface area contributed by atoms with E-state index in [1.54, 1.807) is 0 Å². The number of fused-ring (bicyclic) bond motifs is 5. The van der Waals surface area contributed by atoms with Gasteiger partial charge in [-0.1, -0.05) is 36.4 Å². The van der Waals surface area contributed by atoms with Crippen LogP contribution in [0.4, 0.5) is 0 Å². The third-order valence-corrected chi connectivity index (χ3v) is 33.1. The van der Waals surface area contributed by atoms with E-state index in [4.69, 9.17) is 9.97 Å². The van der Waals surface area contributed by atoms with E-state index in [2.05, 4.69) is 278 Å². The molecule has 0 N–H and O–H groups in total. The number of hydrogen-bond donors (Lipinski definition) is 0. The number of aromatic nitrogens is 2. The van der Waals surface area contributed by atoms with Gasteiger partial charge in [0.15, 0.2) is 0 Å². The molecule has 0 atom stereocenters. The van der Waals surface area contributed by atoms with E-state index in [-0.39, 0.29) is 0 Å². The minimum atomic E-state index is -2.83. The summed E-state index contributed by atoms with van der Waals surface area (Å²) in [7, 11) is -5.66. The fourth-order valence-corrected chi connectivity index (χ4v) is 28.9. The molecular formula is C68H52GeN2Si2. The van der Waals surface area contributed by atoms with Gasteiger partial charge in [0.25, 0.3) is 0 Å². The molecular weight excluding hydrogens is 974 g/mol. The van der Waals surface area contributed by atoms with Crippen molar-refractivity contribution in [2.24, 2.45) is 0 Å². The molecule has 5 heteroatoms. The van der Waals surface area contributed by atoms with Crippen molar-refractivity contribution in [3.05, 3.63) is 279 Å². The molecule has 2 nitrogen and oxygen atoms in total. The number of benzene rings is 10. The fourth-order valence-electron chi connectivity index (χ4n) is 12.6. The van der Waals surface area contributed by atoms with Crippen LogP contribution in [0.25, 0.3) is 55.2 Å². The zero-order valence-corrected chi connectivity index (χ0v) is 45.1. The first-order chi connectivity index (χ1) is 36.0. The van der Waals surface area contributed by atoms with Crippen LogP contribution in [-0.2, 0) is 0 Å². The Hall–Kier alpha value is -8.00. The summed E-state index contributed by atoms with van der Waals surface area (Å²) < 4.78 is 3.05. The van der Waals surface area contributed by atoms with Crippen molar-refractivity contribution in [2.75, 3.05) is 0 Å². The van der Waals surface area contributed by atoms with Gasteiger partial charge in [0.05, 0.1) is 0 Å². The van der Waals surface area contributed by atoms with Gasteiger partial charge in [-0.15, -0.1) is 0 Å². The van der Waals surface area contributed by atoms with Crippen LogP contribution in [0, 0.1) is 0 Å². The van der Waals surface area contributed by atoms with Gasteiger partial charge >= 0.3 is 399 Å². The van der Waals surface area contributed by atoms with E-state index in [9.17, 15) is 0 Å². The molecule has 0 spiro atoms. The summed E-state index contributed by atoms with van der Waals surface area (Å²) >= 11 is -2.70. The van der Waals surface area contributed by atoms with Crippen LogP contribution in [0.2, 0.25) is 11.5 Å². The molecule has 0 radical (unpaired) electrons. The van der Waals surface area contributed by atoms with Gasteiger partial charge in [0.2, 0.25) is 0 Å². The minimum absolute atomic E-state index is 1.03. The first-order valence-corrected chi connectivity index (χ1v) is 35.7. The summed E-state index contributed by atoms with van der Waals surface area (Å²) in [4.78, 5) is 10.5. The van der Waals surface area contributed by atoms with Crippen molar-refractivity contribution < 1.29 is 0 Å². The molecule has 0 aliphatic carbocycles. The molecule has 0 unspecified atom stereocenters. The van der Waals surface area contributed by atoms with Crippen molar-refractivity contribution in [1.82, 2.24) is 9.97 Å². The zero-order chi connectivity index (χ0) is 49.0. The Bertz CT molecular complexity index is 3530. The predicted molar refractivity (Wildman–Crippen MR) is 317 cm³/mol. The average Bonchev–Trinajstić information content (AvgIpc) is 3.69. The summed E-state index contributed by atoms with van der Waals surface area (Å²) in [5, 5.41) is 13.2. The molecule has 0 saturated heterocycles. The molecule has 0 saturated carbocycles. The molecule has 10 aromatic carbocycles. The Morgan fingerprint density at radius 1 is 0.288 bits per heavy atom. The summed E-state index contributed by atoms with van der Waals surface area (Å²) in [5.41, 5.74) is 9.47. The zero-order valence-electron chi connectivity index (χ0n) is 41.0. The van der Waals surface area contributed by atoms with Gasteiger partial charge in [0.1, 0.15) is 0 Å². The van der Waals surface area contributed by atoms with E-state index >= 15 is 0 Å². The van der Waals surface area contributed by atoms with Crippen LogP contribution < -0.4 is 50.3 Å². The molecule has 1 aliphatic heterocycles. The first-order valence-electron chi connectivity index (χ1n) is 25.4. The molecule has 0 bridgehead atoms. The van der Waals surface area contributed by atoms with Gasteiger partial charge in [-0.2, -0.15) is 0 Å². The Morgan fingerprint density at radius 3 is 0.890 bits per heavy atom. The summed E-state index contributed by atoms with van der Waals surface area (Å²) in [5.74, 6) is 5.12. The van der Waals surface area contributed by atoms with Crippen molar-refractivity contribution in [2.45, 2.75) is 11.5 Å². The van der Waals surface area contributed by atoms with Crippen LogP contribution in [0.15, 0.2) is 279 Å². The van der Waals surface area contributed by atoms with Gasteiger partial charge < -0.3 is 0 Å². The number of rotatable bonds is 10. The van der Waals surface area contributed by atoms with Gasteiger partial charge in [-0.3, -0.25) is 0 Å².